The van der Waals surface area contributed by atoms with E-state index in [-0.39, 0.29) is 17.3 Å². The van der Waals surface area contributed by atoms with Crippen molar-refractivity contribution in [2.24, 2.45) is 0 Å². The predicted molar refractivity (Wildman–Crippen MR) is 141 cm³/mol. The molecule has 9 heteroatoms. The maximum atomic E-state index is 13.5. The van der Waals surface area contributed by atoms with E-state index in [1.54, 1.807) is 54.9 Å². The number of anilines is 2. The van der Waals surface area contributed by atoms with E-state index in [2.05, 4.69) is 20.7 Å². The van der Waals surface area contributed by atoms with Crippen molar-refractivity contribution in [3.8, 4) is 17.2 Å². The number of para-hydroxylation sites is 1. The summed E-state index contributed by atoms with van der Waals surface area (Å²) in [5.74, 6) is 0.0691. The summed E-state index contributed by atoms with van der Waals surface area (Å²) in [4.78, 5) is 30.1. The molecule has 2 aromatic heterocycles. The van der Waals surface area contributed by atoms with E-state index in [4.69, 9.17) is 4.74 Å². The van der Waals surface area contributed by atoms with E-state index in [0.29, 0.717) is 29.2 Å². The predicted octanol–water partition coefficient (Wildman–Crippen LogP) is 5.23. The number of ether oxygens (including phenoxy) is 1. The van der Waals surface area contributed by atoms with Gasteiger partial charge in [0.25, 0.3) is 11.5 Å². The second-order valence-electron chi connectivity index (χ2n) is 8.24. The van der Waals surface area contributed by atoms with Gasteiger partial charge in [0.1, 0.15) is 11.6 Å². The van der Waals surface area contributed by atoms with E-state index in [1.807, 2.05) is 24.3 Å². The lowest BCUT2D eigenvalue weighted by Gasteiger charge is -2.15. The summed E-state index contributed by atoms with van der Waals surface area (Å²) in [6.07, 6.45) is 4.78. The van der Waals surface area contributed by atoms with Crippen molar-refractivity contribution in [2.45, 2.75) is 6.54 Å². The Morgan fingerprint density at radius 1 is 0.895 bits per heavy atom. The molecule has 0 spiro atoms. The third kappa shape index (κ3) is 5.73. The Labute approximate surface area is 217 Å². The Hall–Kier alpha value is -5.31. The highest BCUT2D eigenvalue weighted by Gasteiger charge is 2.16. The molecule has 0 atom stereocenters. The zero-order chi connectivity index (χ0) is 26.3. The lowest BCUT2D eigenvalue weighted by atomic mass is 10.2. The largest absolute Gasteiger partial charge is 0.453 e. The molecule has 0 fully saturated rings. The highest BCUT2D eigenvalue weighted by atomic mass is 19.1. The van der Waals surface area contributed by atoms with Crippen LogP contribution in [0, 0.1) is 5.82 Å². The van der Waals surface area contributed by atoms with E-state index in [9.17, 15) is 14.0 Å². The average molecular weight is 508 g/mol. The number of rotatable bonds is 8. The number of halogens is 1. The number of aromatic nitrogens is 3. The molecule has 0 aliphatic heterocycles. The van der Waals surface area contributed by atoms with Gasteiger partial charge < -0.3 is 15.4 Å². The summed E-state index contributed by atoms with van der Waals surface area (Å²) < 4.78 is 20.5. The van der Waals surface area contributed by atoms with Crippen molar-refractivity contribution in [2.75, 3.05) is 5.32 Å². The number of carbonyl (C=O) groups excluding carboxylic acids is 1. The van der Waals surface area contributed by atoms with Crippen molar-refractivity contribution < 1.29 is 13.9 Å². The maximum Gasteiger partial charge on any atom is 0.299 e. The lowest BCUT2D eigenvalue weighted by molar-refractivity contribution is 0.0951. The van der Waals surface area contributed by atoms with Crippen molar-refractivity contribution in [3.63, 3.8) is 0 Å². The summed E-state index contributed by atoms with van der Waals surface area (Å²) in [5.41, 5.74) is 1.93. The van der Waals surface area contributed by atoms with Crippen LogP contribution in [0.25, 0.3) is 5.69 Å². The Morgan fingerprint density at radius 2 is 1.66 bits per heavy atom. The van der Waals surface area contributed by atoms with Crippen molar-refractivity contribution in [3.05, 3.63) is 137 Å². The molecule has 188 valence electrons. The van der Waals surface area contributed by atoms with Crippen LogP contribution in [0.3, 0.4) is 0 Å². The van der Waals surface area contributed by atoms with E-state index < -0.39 is 11.4 Å². The number of benzene rings is 3. The summed E-state index contributed by atoms with van der Waals surface area (Å²) >= 11 is 0. The molecule has 1 amide bonds. The zero-order valence-corrected chi connectivity index (χ0v) is 20.0. The van der Waals surface area contributed by atoms with Gasteiger partial charge in [-0.25, -0.2) is 4.39 Å². The normalized spacial score (nSPS) is 10.6. The number of carbonyl (C=O) groups is 1. The number of amides is 1. The van der Waals surface area contributed by atoms with Crippen molar-refractivity contribution in [1.82, 2.24) is 20.1 Å². The molecule has 0 radical (unpaired) electrons. The molecule has 0 bridgehead atoms. The second-order valence-corrected chi connectivity index (χ2v) is 8.24. The number of pyridine rings is 1. The molecule has 0 aliphatic rings. The number of hydrogen-bond acceptors (Lipinski definition) is 6. The van der Waals surface area contributed by atoms with Gasteiger partial charge in [-0.2, -0.15) is 9.78 Å². The van der Waals surface area contributed by atoms with Crippen molar-refractivity contribution >= 4 is 17.3 Å². The summed E-state index contributed by atoms with van der Waals surface area (Å²) in [5, 5.41) is 10.2. The van der Waals surface area contributed by atoms with Gasteiger partial charge in [0.2, 0.25) is 0 Å². The van der Waals surface area contributed by atoms with E-state index in [1.165, 1.54) is 30.5 Å². The molecule has 0 unspecified atom stereocenters. The minimum atomic E-state index is -0.497. The number of hydrogen-bond donors (Lipinski definition) is 2. The quantitative estimate of drug-likeness (QED) is 0.298. The highest BCUT2D eigenvalue weighted by molar-refractivity contribution is 5.94. The molecule has 5 aromatic rings. The summed E-state index contributed by atoms with van der Waals surface area (Å²) in [7, 11) is 0. The SMILES string of the molecule is O=C(NCc1cccnc1)c1ccc(Nc2c(Oc3ccccc3)cnn(-c3ccc(F)cc3)c2=O)cc1. The van der Waals surface area contributed by atoms with Crippen LogP contribution in [-0.4, -0.2) is 20.7 Å². The fourth-order valence-corrected chi connectivity index (χ4v) is 3.65. The lowest BCUT2D eigenvalue weighted by Crippen LogP contribution is -2.24. The Morgan fingerprint density at radius 3 is 2.37 bits per heavy atom. The van der Waals surface area contributed by atoms with Crippen LogP contribution in [0.1, 0.15) is 15.9 Å². The molecule has 38 heavy (non-hydrogen) atoms. The van der Waals surface area contributed by atoms with Crippen LogP contribution in [-0.2, 0) is 6.54 Å². The smallest absolute Gasteiger partial charge is 0.299 e. The minimum Gasteiger partial charge on any atom is -0.453 e. The van der Waals surface area contributed by atoms with Crippen LogP contribution in [0.5, 0.6) is 11.5 Å². The zero-order valence-electron chi connectivity index (χ0n) is 20.0. The third-order valence-corrected chi connectivity index (χ3v) is 5.58. The Kier molecular flexibility index (Phi) is 7.17. The van der Waals surface area contributed by atoms with E-state index in [0.717, 1.165) is 10.2 Å². The second kappa shape index (κ2) is 11.2. The van der Waals surface area contributed by atoms with E-state index >= 15 is 0 Å². The fourth-order valence-electron chi connectivity index (χ4n) is 3.65. The molecule has 3 aromatic carbocycles. The molecule has 0 aliphatic carbocycles. The van der Waals surface area contributed by atoms with Crippen LogP contribution < -0.4 is 20.9 Å². The first kappa shape index (κ1) is 24.4. The molecule has 0 saturated carbocycles. The van der Waals surface area contributed by atoms with Gasteiger partial charge in [-0.3, -0.25) is 14.6 Å². The van der Waals surface area contributed by atoms with Gasteiger partial charge in [-0.15, -0.1) is 0 Å². The van der Waals surface area contributed by atoms with Gasteiger partial charge in [-0.1, -0.05) is 24.3 Å². The maximum absolute atomic E-state index is 13.5. The van der Waals surface area contributed by atoms with Gasteiger partial charge in [0.05, 0.1) is 11.9 Å². The molecular formula is C29H22FN5O3. The Bertz CT molecular complexity index is 1590. The van der Waals surface area contributed by atoms with Crippen LogP contribution in [0.4, 0.5) is 15.8 Å². The van der Waals surface area contributed by atoms with Crippen LogP contribution in [0.15, 0.2) is 114 Å². The summed E-state index contributed by atoms with van der Waals surface area (Å²) in [6.45, 7) is 0.354. The molecule has 8 nitrogen and oxygen atoms in total. The van der Waals surface area contributed by atoms with Gasteiger partial charge >= 0.3 is 0 Å². The topological polar surface area (TPSA) is 98.1 Å². The number of nitrogens with zero attached hydrogens (tertiary/aromatic N) is 3. The van der Waals surface area contributed by atoms with Gasteiger partial charge in [0, 0.05) is 30.2 Å². The molecule has 0 saturated heterocycles. The monoisotopic (exact) mass is 507 g/mol. The van der Waals surface area contributed by atoms with Gasteiger partial charge in [0.15, 0.2) is 11.4 Å². The first-order valence-corrected chi connectivity index (χ1v) is 11.7. The molecular weight excluding hydrogens is 485 g/mol. The van der Waals surface area contributed by atoms with Gasteiger partial charge in [-0.05, 0) is 72.3 Å². The number of nitrogens with one attached hydrogen (secondary N) is 2. The van der Waals surface area contributed by atoms with Crippen LogP contribution in [0.2, 0.25) is 0 Å². The molecule has 2 N–H and O–H groups in total. The molecule has 5 rings (SSSR count). The average Bonchev–Trinajstić information content (AvgIpc) is 2.96. The highest BCUT2D eigenvalue weighted by Crippen LogP contribution is 2.29. The first-order valence-electron chi connectivity index (χ1n) is 11.7. The Balaban J connectivity index is 1.41. The standard InChI is InChI=1S/C29H22FN5O3/c30-22-10-14-24(15-11-22)35-29(37)27(26(19-33-35)38-25-6-2-1-3-7-25)34-23-12-8-21(9-13-23)28(36)32-18-20-5-4-16-31-17-20/h1-17,19,34H,18H2,(H,32,36). The van der Waals surface area contributed by atoms with Crippen molar-refractivity contribution in [1.29, 1.82) is 0 Å². The molecule has 2 heterocycles. The minimum absolute atomic E-state index is 0.127. The van der Waals surface area contributed by atoms with Crippen LogP contribution >= 0.6 is 0 Å². The fraction of sp³-hybridized carbons (Fsp3) is 0.0345. The third-order valence-electron chi connectivity index (χ3n) is 5.58. The summed E-state index contributed by atoms with van der Waals surface area (Å²) in [6, 6.07) is 24.8. The first-order chi connectivity index (χ1) is 18.6.